The number of carbonyl (C=O) groups excluding carboxylic acids is 12. The van der Waals surface area contributed by atoms with E-state index in [-0.39, 0.29) is 95.2 Å². The van der Waals surface area contributed by atoms with Gasteiger partial charge in [0.25, 0.3) is 0 Å². The van der Waals surface area contributed by atoms with Gasteiger partial charge in [0, 0.05) is 32.5 Å². The first-order chi connectivity index (χ1) is 45.1. The molecule has 12 amide bonds. The van der Waals surface area contributed by atoms with E-state index in [0.29, 0.717) is 12.8 Å². The van der Waals surface area contributed by atoms with Crippen LogP contribution >= 0.6 is 11.8 Å². The quantitative estimate of drug-likeness (QED) is 0.0153. The van der Waals surface area contributed by atoms with Gasteiger partial charge in [0.1, 0.15) is 66.5 Å². The summed E-state index contributed by atoms with van der Waals surface area (Å²) in [6, 6.07) is -18.3. The van der Waals surface area contributed by atoms with Crippen LogP contribution in [0.3, 0.4) is 0 Å². The van der Waals surface area contributed by atoms with E-state index >= 15 is 0 Å². The zero-order valence-electron chi connectivity index (χ0n) is 55.0. The Morgan fingerprint density at radius 2 is 0.990 bits per heavy atom. The van der Waals surface area contributed by atoms with Gasteiger partial charge in [-0.2, -0.15) is 11.8 Å². The van der Waals surface area contributed by atoms with Crippen LogP contribution in [-0.4, -0.2) is 253 Å². The van der Waals surface area contributed by atoms with E-state index in [1.165, 1.54) is 11.8 Å². The molecular weight excluding hydrogens is 1290 g/mol. The van der Waals surface area contributed by atoms with Crippen LogP contribution in [0.4, 0.5) is 0 Å². The van der Waals surface area contributed by atoms with E-state index in [1.807, 2.05) is 0 Å². The molecule has 2 fully saturated rings. The number of carboxylic acid groups (broad SMARTS) is 3. The molecule has 24 N–H and O–H groups in total. The van der Waals surface area contributed by atoms with E-state index < -0.39 is 212 Å². The number of amides is 12. The normalized spacial score (nSPS) is 17.8. The van der Waals surface area contributed by atoms with Crippen LogP contribution in [0.25, 0.3) is 0 Å². The highest BCUT2D eigenvalue weighted by Crippen LogP contribution is 2.23. The number of likely N-dealkylation sites (tertiary alicyclic amines) is 2. The summed E-state index contributed by atoms with van der Waals surface area (Å²) in [5, 5.41) is 71.6. The number of nitrogens with one attached hydrogen (secondary N) is 9. The fourth-order valence-electron chi connectivity index (χ4n) is 10.3. The molecule has 2 saturated heterocycles. The predicted octanol–water partition coefficient (Wildman–Crippen LogP) is -7.03. The number of aliphatic imine (C=N–C) groups is 1. The van der Waals surface area contributed by atoms with Gasteiger partial charge in [-0.15, -0.1) is 0 Å². The maximum Gasteiger partial charge on any atom is 0.326 e. The molecule has 0 spiro atoms. The number of aliphatic hydroxyl groups is 2. The summed E-state index contributed by atoms with van der Waals surface area (Å²) in [6.45, 7) is 6.81. The van der Waals surface area contributed by atoms with Gasteiger partial charge in [-0.1, -0.05) is 27.7 Å². The molecule has 2 rings (SSSR count). The van der Waals surface area contributed by atoms with Gasteiger partial charge in [-0.05, 0) is 114 Å². The molecule has 542 valence electrons. The van der Waals surface area contributed by atoms with Crippen LogP contribution in [0.2, 0.25) is 0 Å². The van der Waals surface area contributed by atoms with Crippen molar-refractivity contribution in [2.75, 3.05) is 44.8 Å². The number of aliphatic hydroxyl groups excluding tert-OH is 2. The van der Waals surface area contributed by atoms with Crippen LogP contribution in [0, 0.1) is 11.8 Å². The highest BCUT2D eigenvalue weighted by molar-refractivity contribution is 7.98. The van der Waals surface area contributed by atoms with E-state index in [0.717, 1.165) is 16.7 Å². The van der Waals surface area contributed by atoms with Crippen LogP contribution in [0.1, 0.15) is 131 Å². The van der Waals surface area contributed by atoms with Crippen molar-refractivity contribution >= 4 is 107 Å². The molecule has 0 saturated carbocycles. The summed E-state index contributed by atoms with van der Waals surface area (Å²) in [7, 11) is 0. The van der Waals surface area contributed by atoms with Crippen LogP contribution < -0.4 is 76.5 Å². The Morgan fingerprint density at radius 3 is 1.47 bits per heavy atom. The zero-order valence-corrected chi connectivity index (χ0v) is 55.8. The second kappa shape index (κ2) is 42.1. The molecule has 0 aromatic carbocycles. The Kier molecular flexibility index (Phi) is 36.7. The van der Waals surface area contributed by atoms with Gasteiger partial charge in [-0.25, -0.2) is 4.79 Å². The largest absolute Gasteiger partial charge is 0.481 e. The summed E-state index contributed by atoms with van der Waals surface area (Å²) in [4.78, 5) is 207. The number of hydrogen-bond acceptors (Lipinski definition) is 21. The molecule has 38 heteroatoms. The number of carboxylic acids is 3. The topological polar surface area (TPSA) is 614 Å². The molecular formula is C58H99N17O20S. The Bertz CT molecular complexity index is 2760. The summed E-state index contributed by atoms with van der Waals surface area (Å²) >= 11 is 1.21. The monoisotopic (exact) mass is 1390 g/mol. The van der Waals surface area contributed by atoms with Gasteiger partial charge >= 0.3 is 17.9 Å². The Balaban J connectivity index is 2.44. The number of aliphatic carboxylic acids is 3. The maximum absolute atomic E-state index is 14.6. The van der Waals surface area contributed by atoms with Crippen LogP contribution in [0.15, 0.2) is 4.99 Å². The third kappa shape index (κ3) is 28.1. The summed E-state index contributed by atoms with van der Waals surface area (Å²) < 4.78 is 0. The second-order valence-corrected chi connectivity index (χ2v) is 25.1. The smallest absolute Gasteiger partial charge is 0.326 e. The predicted molar refractivity (Wildman–Crippen MR) is 344 cm³/mol. The standard InChI is InChI=1S/C58H99N17O20S/c1-28(2)43(61)53(90)71-37(27-76)50(87)72-44(29(3)4)56(93)75-24-11-15-39(75)52(89)66-31(16-18-40(60)78)48(85)73-45(30(5)77)54(91)70-36(26-42(81)82)49(86)65-33(20-25-96-6)47(84)68-34(13-9-22-64-58(62)63)55(92)74-23-10-14-38(74)51(88)67-32(17-19-41(79)80)46(83)69-35(57(94)95)12-7-8-21-59/h28-39,43-45,76-77H,7-27,59,61H2,1-6H3,(H2,60,78)(H,65,86)(H,66,89)(H,67,88)(H,68,84)(H,69,83)(H,70,91)(H,71,90)(H,72,87)(H,73,85)(H,79,80)(H,81,82)(H,94,95)(H4,62,63,64)/t30-,31+,32+,33+,34+,35+,36+,37+,38+,39+,43+,44+,45+/m1/s1. The zero-order chi connectivity index (χ0) is 72.7. The first-order valence-corrected chi connectivity index (χ1v) is 33.1. The molecule has 13 atom stereocenters. The molecule has 2 heterocycles. The number of guanidine groups is 1. The van der Waals surface area contributed by atoms with Crippen molar-refractivity contribution in [1.29, 1.82) is 0 Å². The van der Waals surface area contributed by atoms with E-state index in [1.54, 1.807) is 34.0 Å². The van der Waals surface area contributed by atoms with E-state index in [4.69, 9.17) is 28.7 Å². The number of unbranched alkanes of at least 4 members (excludes halogenated alkanes) is 1. The van der Waals surface area contributed by atoms with Gasteiger partial charge in [-0.3, -0.25) is 72.1 Å². The molecule has 0 aromatic rings. The van der Waals surface area contributed by atoms with Crippen molar-refractivity contribution in [3.05, 3.63) is 0 Å². The highest BCUT2D eigenvalue weighted by Gasteiger charge is 2.43. The van der Waals surface area contributed by atoms with Gasteiger partial charge in [0.2, 0.25) is 70.9 Å². The molecule has 96 heavy (non-hydrogen) atoms. The first-order valence-electron chi connectivity index (χ1n) is 31.7. The van der Waals surface area contributed by atoms with Crippen molar-refractivity contribution in [1.82, 2.24) is 57.7 Å². The Morgan fingerprint density at radius 1 is 0.521 bits per heavy atom. The molecule has 0 radical (unpaired) electrons. The number of nitrogens with two attached hydrogens (primary N) is 5. The van der Waals surface area contributed by atoms with Crippen molar-refractivity contribution in [2.24, 2.45) is 45.5 Å². The molecule has 2 aliphatic heterocycles. The molecule has 2 aliphatic rings. The Hall–Kier alpha value is -8.49. The molecule has 0 bridgehead atoms. The van der Waals surface area contributed by atoms with Crippen LogP contribution in [0.5, 0.6) is 0 Å². The average molecular weight is 1390 g/mol. The lowest BCUT2D eigenvalue weighted by atomic mass is 10.0. The lowest BCUT2D eigenvalue weighted by molar-refractivity contribution is -0.144. The number of nitrogens with zero attached hydrogens (tertiary/aromatic N) is 3. The number of hydrogen-bond donors (Lipinski definition) is 19. The lowest BCUT2D eigenvalue weighted by Crippen LogP contribution is -2.62. The van der Waals surface area contributed by atoms with Crippen molar-refractivity contribution in [3.8, 4) is 0 Å². The van der Waals surface area contributed by atoms with Crippen molar-refractivity contribution < 1.29 is 97.5 Å². The average Bonchev–Trinajstić information content (AvgIpc) is 1.59. The SMILES string of the molecule is CSCC[C@H](NC(=O)[C@H](CC(=O)O)NC(=O)[C@@H](NC(=O)[C@H](CCC(N)=O)NC(=O)[C@@H]1CCCN1C(=O)[C@@H](NC(=O)[C@H](CO)NC(=O)[C@@H](N)C(C)C)C(C)C)[C@@H](C)O)C(=O)N[C@@H](CCCN=C(N)N)C(=O)N1CCC[C@H]1C(=O)N[C@@H](CCC(=O)O)C(=O)N[C@@H](CCCCN)C(=O)O. The summed E-state index contributed by atoms with van der Waals surface area (Å²) in [6.07, 6.45) is -2.54. The fourth-order valence-corrected chi connectivity index (χ4v) is 10.8. The maximum atomic E-state index is 14.6. The van der Waals surface area contributed by atoms with Crippen molar-refractivity contribution in [3.63, 3.8) is 0 Å². The van der Waals surface area contributed by atoms with Gasteiger partial charge < -0.3 is 112 Å². The van der Waals surface area contributed by atoms with Crippen LogP contribution in [-0.2, 0) is 71.9 Å². The first kappa shape index (κ1) is 83.6. The minimum atomic E-state index is -2.06. The summed E-state index contributed by atoms with van der Waals surface area (Å²) in [5.74, 6) is -17.4. The number of primary amides is 1. The van der Waals surface area contributed by atoms with Crippen molar-refractivity contribution in [2.45, 2.75) is 210 Å². The minimum Gasteiger partial charge on any atom is -0.481 e. The molecule has 37 nitrogen and oxygen atoms in total. The molecule has 0 unspecified atom stereocenters. The van der Waals surface area contributed by atoms with Gasteiger partial charge in [0.05, 0.1) is 25.2 Å². The lowest BCUT2D eigenvalue weighted by Gasteiger charge is -2.32. The van der Waals surface area contributed by atoms with E-state index in [9.17, 15) is 97.5 Å². The number of rotatable bonds is 44. The second-order valence-electron chi connectivity index (χ2n) is 24.1. The van der Waals surface area contributed by atoms with Gasteiger partial charge in [0.15, 0.2) is 5.96 Å². The number of thioether (sulfide) groups is 1. The minimum absolute atomic E-state index is 0.0108. The Labute approximate surface area is 559 Å². The summed E-state index contributed by atoms with van der Waals surface area (Å²) in [5.41, 5.74) is 27.9. The van der Waals surface area contributed by atoms with E-state index in [2.05, 4.69) is 52.8 Å². The number of carbonyl (C=O) groups is 15. The molecule has 0 aromatic heterocycles. The molecule has 0 aliphatic carbocycles. The fraction of sp³-hybridized carbons (Fsp3) is 0.724. The third-order valence-corrected chi connectivity index (χ3v) is 16.4. The highest BCUT2D eigenvalue weighted by atomic mass is 32.2. The third-order valence-electron chi connectivity index (χ3n) is 15.8.